The van der Waals surface area contributed by atoms with E-state index >= 15 is 0 Å². The molecule has 0 aromatic carbocycles. The van der Waals surface area contributed by atoms with Crippen LogP contribution < -0.4 is 0 Å². The molecule has 2 heteroatoms. The summed E-state index contributed by atoms with van der Waals surface area (Å²) in [6.07, 6.45) is 2.36. The molecule has 0 amide bonds. The summed E-state index contributed by atoms with van der Waals surface area (Å²) in [6, 6.07) is 1.98. The standard InChI is InChI=1S/C9H13ClS/c1-3-7(2)6-9-8(10)4-5-11-9/h4-5,7H,3,6H2,1-2H3/t7-/m0/s1. The molecule has 1 heterocycles. The monoisotopic (exact) mass is 188 g/mol. The smallest absolute Gasteiger partial charge is 0.0545 e. The minimum Gasteiger partial charge on any atom is -0.147 e. The average Bonchev–Trinajstić information content (AvgIpc) is 2.37. The molecular weight excluding hydrogens is 176 g/mol. The number of hydrogen-bond donors (Lipinski definition) is 0. The van der Waals surface area contributed by atoms with E-state index in [1.54, 1.807) is 11.3 Å². The van der Waals surface area contributed by atoms with Crippen molar-refractivity contribution in [2.24, 2.45) is 5.92 Å². The second kappa shape index (κ2) is 4.13. The highest BCUT2D eigenvalue weighted by atomic mass is 35.5. The maximum atomic E-state index is 5.95. The van der Waals surface area contributed by atoms with E-state index in [-0.39, 0.29) is 0 Å². The Balaban J connectivity index is 2.56. The van der Waals surface area contributed by atoms with Crippen molar-refractivity contribution in [3.8, 4) is 0 Å². The molecule has 0 saturated carbocycles. The van der Waals surface area contributed by atoms with Crippen molar-refractivity contribution in [3.05, 3.63) is 21.3 Å². The van der Waals surface area contributed by atoms with Gasteiger partial charge >= 0.3 is 0 Å². The zero-order chi connectivity index (χ0) is 8.27. The summed E-state index contributed by atoms with van der Waals surface area (Å²) in [5.74, 6) is 0.756. The summed E-state index contributed by atoms with van der Waals surface area (Å²) in [4.78, 5) is 1.33. The van der Waals surface area contributed by atoms with Crippen molar-refractivity contribution in [1.29, 1.82) is 0 Å². The first-order valence-corrected chi connectivity index (χ1v) is 5.21. The quantitative estimate of drug-likeness (QED) is 0.673. The highest BCUT2D eigenvalue weighted by Crippen LogP contribution is 2.25. The maximum absolute atomic E-state index is 5.95. The third kappa shape index (κ3) is 2.49. The number of thiophene rings is 1. The van der Waals surface area contributed by atoms with Gasteiger partial charge in [-0.25, -0.2) is 0 Å². The first-order valence-electron chi connectivity index (χ1n) is 3.96. The molecular formula is C9H13ClS. The van der Waals surface area contributed by atoms with Gasteiger partial charge in [0.15, 0.2) is 0 Å². The Bertz CT molecular complexity index is 217. The van der Waals surface area contributed by atoms with Crippen LogP contribution in [0.3, 0.4) is 0 Å². The Morgan fingerprint density at radius 1 is 1.64 bits per heavy atom. The fraction of sp³-hybridized carbons (Fsp3) is 0.556. The van der Waals surface area contributed by atoms with Crippen LogP contribution in [0.2, 0.25) is 5.02 Å². The van der Waals surface area contributed by atoms with Crippen LogP contribution in [0.25, 0.3) is 0 Å². The third-order valence-electron chi connectivity index (χ3n) is 1.92. The van der Waals surface area contributed by atoms with E-state index in [1.807, 2.05) is 6.07 Å². The molecule has 0 bridgehead atoms. The van der Waals surface area contributed by atoms with E-state index in [1.165, 1.54) is 11.3 Å². The second-order valence-electron chi connectivity index (χ2n) is 2.91. The molecule has 0 spiro atoms. The Hall–Kier alpha value is -0.0100. The SMILES string of the molecule is CC[C@H](C)Cc1sccc1Cl. The van der Waals surface area contributed by atoms with Gasteiger partial charge in [0.25, 0.3) is 0 Å². The molecule has 0 fully saturated rings. The Labute approximate surface area is 77.2 Å². The first kappa shape index (κ1) is 9.08. The molecule has 0 N–H and O–H groups in total. The highest BCUT2D eigenvalue weighted by Gasteiger charge is 2.05. The van der Waals surface area contributed by atoms with Crippen LogP contribution in [-0.2, 0) is 6.42 Å². The van der Waals surface area contributed by atoms with Crippen LogP contribution in [0.15, 0.2) is 11.4 Å². The minimum atomic E-state index is 0.756. The third-order valence-corrected chi connectivity index (χ3v) is 3.33. The van der Waals surface area contributed by atoms with E-state index in [2.05, 4.69) is 19.2 Å². The Kier molecular flexibility index (Phi) is 3.41. The normalized spacial score (nSPS) is 13.4. The number of halogens is 1. The van der Waals surface area contributed by atoms with Crippen LogP contribution in [0.4, 0.5) is 0 Å². The van der Waals surface area contributed by atoms with Crippen LogP contribution >= 0.6 is 22.9 Å². The van der Waals surface area contributed by atoms with E-state index in [9.17, 15) is 0 Å². The summed E-state index contributed by atoms with van der Waals surface area (Å²) in [5.41, 5.74) is 0. The van der Waals surface area contributed by atoms with Gasteiger partial charge in [-0.05, 0) is 23.8 Å². The summed E-state index contributed by atoms with van der Waals surface area (Å²) >= 11 is 7.71. The van der Waals surface area contributed by atoms with Crippen molar-refractivity contribution in [3.63, 3.8) is 0 Å². The van der Waals surface area contributed by atoms with Crippen LogP contribution in [0, 0.1) is 5.92 Å². The summed E-state index contributed by atoms with van der Waals surface area (Å²) in [7, 11) is 0. The van der Waals surface area contributed by atoms with Gasteiger partial charge in [-0.1, -0.05) is 31.9 Å². The number of rotatable bonds is 3. The average molecular weight is 189 g/mol. The van der Waals surface area contributed by atoms with E-state index in [0.29, 0.717) is 0 Å². The number of hydrogen-bond acceptors (Lipinski definition) is 1. The van der Waals surface area contributed by atoms with Gasteiger partial charge in [0.2, 0.25) is 0 Å². The zero-order valence-corrected chi connectivity index (χ0v) is 8.50. The molecule has 0 radical (unpaired) electrons. The van der Waals surface area contributed by atoms with Crippen molar-refractivity contribution < 1.29 is 0 Å². The van der Waals surface area contributed by atoms with Crippen molar-refractivity contribution >= 4 is 22.9 Å². The fourth-order valence-corrected chi connectivity index (χ4v) is 2.21. The lowest BCUT2D eigenvalue weighted by Gasteiger charge is -2.05. The molecule has 1 rings (SSSR count). The summed E-state index contributed by atoms with van der Waals surface area (Å²) in [5, 5.41) is 3.00. The van der Waals surface area contributed by atoms with Crippen molar-refractivity contribution in [1.82, 2.24) is 0 Å². The predicted molar refractivity (Wildman–Crippen MR) is 52.5 cm³/mol. The van der Waals surface area contributed by atoms with Gasteiger partial charge in [0.05, 0.1) is 5.02 Å². The summed E-state index contributed by atoms with van der Waals surface area (Å²) in [6.45, 7) is 4.47. The molecule has 11 heavy (non-hydrogen) atoms. The lowest BCUT2D eigenvalue weighted by molar-refractivity contribution is 0.565. The van der Waals surface area contributed by atoms with Crippen LogP contribution in [0.1, 0.15) is 25.1 Å². The molecule has 0 saturated heterocycles. The molecule has 0 aliphatic carbocycles. The predicted octanol–water partition coefficient (Wildman–Crippen LogP) is 3.99. The molecule has 1 atom stereocenters. The molecule has 0 nitrogen and oxygen atoms in total. The van der Waals surface area contributed by atoms with Gasteiger partial charge in [0.1, 0.15) is 0 Å². The Morgan fingerprint density at radius 3 is 2.82 bits per heavy atom. The van der Waals surface area contributed by atoms with E-state index in [4.69, 9.17) is 11.6 Å². The van der Waals surface area contributed by atoms with Gasteiger partial charge in [-0.2, -0.15) is 0 Å². The van der Waals surface area contributed by atoms with Gasteiger partial charge in [-0.3, -0.25) is 0 Å². The molecule has 1 aromatic heterocycles. The highest BCUT2D eigenvalue weighted by molar-refractivity contribution is 7.10. The van der Waals surface area contributed by atoms with Crippen LogP contribution in [-0.4, -0.2) is 0 Å². The largest absolute Gasteiger partial charge is 0.147 e. The Morgan fingerprint density at radius 2 is 2.36 bits per heavy atom. The minimum absolute atomic E-state index is 0.756. The van der Waals surface area contributed by atoms with E-state index in [0.717, 1.165) is 17.4 Å². The molecule has 62 valence electrons. The molecule has 1 aromatic rings. The molecule has 0 unspecified atom stereocenters. The van der Waals surface area contributed by atoms with Gasteiger partial charge < -0.3 is 0 Å². The first-order chi connectivity index (χ1) is 5.24. The molecule has 0 aliphatic rings. The fourth-order valence-electron chi connectivity index (χ4n) is 0.932. The van der Waals surface area contributed by atoms with Gasteiger partial charge in [-0.15, -0.1) is 11.3 Å². The maximum Gasteiger partial charge on any atom is 0.0545 e. The lowest BCUT2D eigenvalue weighted by Crippen LogP contribution is -1.95. The van der Waals surface area contributed by atoms with Crippen molar-refractivity contribution in [2.45, 2.75) is 26.7 Å². The zero-order valence-electron chi connectivity index (χ0n) is 6.93. The van der Waals surface area contributed by atoms with E-state index < -0.39 is 0 Å². The summed E-state index contributed by atoms with van der Waals surface area (Å²) < 4.78 is 0. The molecule has 0 aliphatic heterocycles. The van der Waals surface area contributed by atoms with Crippen LogP contribution in [0.5, 0.6) is 0 Å². The van der Waals surface area contributed by atoms with Gasteiger partial charge in [0, 0.05) is 4.88 Å². The second-order valence-corrected chi connectivity index (χ2v) is 4.32. The van der Waals surface area contributed by atoms with Crippen molar-refractivity contribution in [2.75, 3.05) is 0 Å². The topological polar surface area (TPSA) is 0 Å². The lowest BCUT2D eigenvalue weighted by atomic mass is 10.0.